The molecule has 0 aromatic heterocycles. The molecule has 2 aliphatic rings. The fourth-order valence-corrected chi connectivity index (χ4v) is 3.29. The maximum Gasteiger partial charge on any atom is 0.230 e. The van der Waals surface area contributed by atoms with Crippen molar-refractivity contribution in [1.29, 1.82) is 0 Å². The lowest BCUT2D eigenvalue weighted by Gasteiger charge is -2.17. The lowest BCUT2D eigenvalue weighted by atomic mass is 10.0. The van der Waals surface area contributed by atoms with E-state index in [1.54, 1.807) is 0 Å². The van der Waals surface area contributed by atoms with Crippen molar-refractivity contribution in [2.24, 2.45) is 5.92 Å². The molecule has 0 radical (unpaired) electrons. The standard InChI is InChI=1S/C18H26N2O2/c1-20(15-8-9-15)11-10-13-4-2-5-14(12-13)19-18(22)16-6-3-7-17(16)21/h2,4-5,12,15-17,21H,3,6-11H2,1H3,(H,19,22). The zero-order chi connectivity index (χ0) is 15.5. The van der Waals surface area contributed by atoms with E-state index in [4.69, 9.17) is 0 Å². The molecule has 0 aliphatic heterocycles. The Balaban J connectivity index is 1.55. The lowest BCUT2D eigenvalue weighted by molar-refractivity contribution is -0.122. The Kier molecular flexibility index (Phi) is 4.79. The molecule has 2 unspecified atom stereocenters. The van der Waals surface area contributed by atoms with Crippen molar-refractivity contribution in [2.45, 2.75) is 50.7 Å². The number of nitrogens with zero attached hydrogens (tertiary/aromatic N) is 1. The number of nitrogens with one attached hydrogen (secondary N) is 1. The first-order chi connectivity index (χ1) is 10.6. The van der Waals surface area contributed by atoms with E-state index in [2.05, 4.69) is 29.4 Å². The van der Waals surface area contributed by atoms with Crippen LogP contribution in [0.3, 0.4) is 0 Å². The molecular weight excluding hydrogens is 276 g/mol. The van der Waals surface area contributed by atoms with Gasteiger partial charge in [0.25, 0.3) is 0 Å². The highest BCUT2D eigenvalue weighted by atomic mass is 16.3. The summed E-state index contributed by atoms with van der Waals surface area (Å²) in [4.78, 5) is 14.6. The van der Waals surface area contributed by atoms with Gasteiger partial charge < -0.3 is 15.3 Å². The molecule has 0 heterocycles. The first-order valence-corrected chi connectivity index (χ1v) is 8.41. The predicted molar refractivity (Wildman–Crippen MR) is 87.8 cm³/mol. The Labute approximate surface area is 132 Å². The van der Waals surface area contributed by atoms with Crippen molar-refractivity contribution in [2.75, 3.05) is 18.9 Å². The second-order valence-corrected chi connectivity index (χ2v) is 6.76. The second kappa shape index (κ2) is 6.80. The molecule has 0 bridgehead atoms. The van der Waals surface area contributed by atoms with Crippen molar-refractivity contribution >= 4 is 11.6 Å². The normalized spacial score (nSPS) is 24.7. The molecule has 0 saturated heterocycles. The Morgan fingerprint density at radius 2 is 2.14 bits per heavy atom. The minimum Gasteiger partial charge on any atom is -0.392 e. The summed E-state index contributed by atoms with van der Waals surface area (Å²) in [6.07, 6.45) is 5.66. The van der Waals surface area contributed by atoms with Crippen molar-refractivity contribution in [3.63, 3.8) is 0 Å². The van der Waals surface area contributed by atoms with Gasteiger partial charge in [0.1, 0.15) is 0 Å². The maximum atomic E-state index is 12.2. The van der Waals surface area contributed by atoms with Crippen LogP contribution >= 0.6 is 0 Å². The van der Waals surface area contributed by atoms with Crippen LogP contribution in [0.25, 0.3) is 0 Å². The van der Waals surface area contributed by atoms with Crippen LogP contribution in [0.15, 0.2) is 24.3 Å². The third-order valence-corrected chi connectivity index (χ3v) is 4.93. The Morgan fingerprint density at radius 3 is 2.82 bits per heavy atom. The van der Waals surface area contributed by atoms with Crippen LogP contribution in [0.5, 0.6) is 0 Å². The van der Waals surface area contributed by atoms with Crippen LogP contribution in [0.2, 0.25) is 0 Å². The molecule has 2 atom stereocenters. The number of hydrogen-bond acceptors (Lipinski definition) is 3. The lowest BCUT2D eigenvalue weighted by Crippen LogP contribution is -2.28. The number of benzene rings is 1. The summed E-state index contributed by atoms with van der Waals surface area (Å²) in [5.74, 6) is -0.290. The smallest absolute Gasteiger partial charge is 0.230 e. The molecule has 120 valence electrons. The van der Waals surface area contributed by atoms with Gasteiger partial charge in [0, 0.05) is 18.3 Å². The molecule has 1 aromatic rings. The van der Waals surface area contributed by atoms with Crippen LogP contribution in [0.1, 0.15) is 37.7 Å². The molecule has 2 N–H and O–H groups in total. The minimum absolute atomic E-state index is 0.0442. The van der Waals surface area contributed by atoms with Gasteiger partial charge in [-0.3, -0.25) is 4.79 Å². The third kappa shape index (κ3) is 3.87. The van der Waals surface area contributed by atoms with E-state index in [1.807, 2.05) is 12.1 Å². The van der Waals surface area contributed by atoms with Gasteiger partial charge in [-0.2, -0.15) is 0 Å². The Morgan fingerprint density at radius 1 is 1.32 bits per heavy atom. The third-order valence-electron chi connectivity index (χ3n) is 4.93. The molecule has 22 heavy (non-hydrogen) atoms. The van der Waals surface area contributed by atoms with E-state index in [0.717, 1.165) is 44.0 Å². The summed E-state index contributed by atoms with van der Waals surface area (Å²) in [5, 5.41) is 12.8. The zero-order valence-corrected chi connectivity index (χ0v) is 13.3. The topological polar surface area (TPSA) is 52.6 Å². The molecule has 2 fully saturated rings. The number of aliphatic hydroxyl groups excluding tert-OH is 1. The van der Waals surface area contributed by atoms with Crippen LogP contribution in [-0.2, 0) is 11.2 Å². The highest BCUT2D eigenvalue weighted by Gasteiger charge is 2.31. The average molecular weight is 302 g/mol. The molecule has 2 saturated carbocycles. The highest BCUT2D eigenvalue weighted by molar-refractivity contribution is 5.93. The first kappa shape index (κ1) is 15.5. The number of rotatable bonds is 6. The van der Waals surface area contributed by atoms with Crippen molar-refractivity contribution in [3.05, 3.63) is 29.8 Å². The van der Waals surface area contributed by atoms with Gasteiger partial charge in [0.05, 0.1) is 12.0 Å². The molecule has 1 amide bonds. The number of likely N-dealkylation sites (N-methyl/N-ethyl adjacent to an activating group) is 1. The summed E-state index contributed by atoms with van der Waals surface area (Å²) in [7, 11) is 2.19. The summed E-state index contributed by atoms with van der Waals surface area (Å²) in [6.45, 7) is 1.06. The fraction of sp³-hybridized carbons (Fsp3) is 0.611. The summed E-state index contributed by atoms with van der Waals surface area (Å²) >= 11 is 0. The van der Waals surface area contributed by atoms with Gasteiger partial charge in [-0.05, 0) is 63.3 Å². The second-order valence-electron chi connectivity index (χ2n) is 6.76. The molecule has 1 aromatic carbocycles. The van der Waals surface area contributed by atoms with E-state index >= 15 is 0 Å². The summed E-state index contributed by atoms with van der Waals surface area (Å²) in [6, 6.07) is 8.87. The largest absolute Gasteiger partial charge is 0.392 e. The summed E-state index contributed by atoms with van der Waals surface area (Å²) in [5.41, 5.74) is 2.09. The van der Waals surface area contributed by atoms with Crippen molar-refractivity contribution in [1.82, 2.24) is 4.90 Å². The van der Waals surface area contributed by atoms with Crippen molar-refractivity contribution < 1.29 is 9.90 Å². The van der Waals surface area contributed by atoms with Gasteiger partial charge >= 0.3 is 0 Å². The molecule has 0 spiro atoms. The van der Waals surface area contributed by atoms with Crippen molar-refractivity contribution in [3.8, 4) is 0 Å². The zero-order valence-electron chi connectivity index (χ0n) is 13.3. The number of carbonyl (C=O) groups excluding carboxylic acids is 1. The van der Waals surface area contributed by atoms with E-state index < -0.39 is 6.10 Å². The van der Waals surface area contributed by atoms with Gasteiger partial charge in [0.15, 0.2) is 0 Å². The van der Waals surface area contributed by atoms with Crippen LogP contribution < -0.4 is 5.32 Å². The SMILES string of the molecule is CN(CCc1cccc(NC(=O)C2CCCC2O)c1)C1CC1. The van der Waals surface area contributed by atoms with E-state index in [0.29, 0.717) is 0 Å². The average Bonchev–Trinajstić information content (AvgIpc) is 3.27. The number of aliphatic hydroxyl groups is 1. The molecule has 4 nitrogen and oxygen atoms in total. The van der Waals surface area contributed by atoms with Crippen LogP contribution in [-0.4, -0.2) is 41.7 Å². The maximum absolute atomic E-state index is 12.2. The quantitative estimate of drug-likeness (QED) is 0.848. The Bertz CT molecular complexity index is 528. The fourth-order valence-electron chi connectivity index (χ4n) is 3.29. The number of anilines is 1. The van der Waals surface area contributed by atoms with Crippen LogP contribution in [0.4, 0.5) is 5.69 Å². The monoisotopic (exact) mass is 302 g/mol. The summed E-state index contributed by atoms with van der Waals surface area (Å²) < 4.78 is 0. The Hall–Kier alpha value is -1.39. The van der Waals surface area contributed by atoms with Gasteiger partial charge in [-0.25, -0.2) is 0 Å². The number of amides is 1. The van der Waals surface area contributed by atoms with Gasteiger partial charge in [0.2, 0.25) is 5.91 Å². The number of carbonyl (C=O) groups is 1. The van der Waals surface area contributed by atoms with Crippen LogP contribution in [0, 0.1) is 5.92 Å². The molecule has 3 rings (SSSR count). The molecule has 4 heteroatoms. The van der Waals surface area contributed by atoms with E-state index in [9.17, 15) is 9.90 Å². The van der Waals surface area contributed by atoms with Gasteiger partial charge in [-0.1, -0.05) is 12.1 Å². The van der Waals surface area contributed by atoms with E-state index in [1.165, 1.54) is 18.4 Å². The predicted octanol–water partition coefficient (Wildman–Crippen LogP) is 2.42. The molecular formula is C18H26N2O2. The highest BCUT2D eigenvalue weighted by Crippen LogP contribution is 2.27. The van der Waals surface area contributed by atoms with E-state index in [-0.39, 0.29) is 11.8 Å². The number of hydrogen-bond donors (Lipinski definition) is 2. The first-order valence-electron chi connectivity index (χ1n) is 8.41. The van der Waals surface area contributed by atoms with Gasteiger partial charge in [-0.15, -0.1) is 0 Å². The minimum atomic E-state index is -0.477. The molecule has 2 aliphatic carbocycles.